The van der Waals surface area contributed by atoms with E-state index in [4.69, 9.17) is 16.3 Å². The predicted octanol–water partition coefficient (Wildman–Crippen LogP) is 2.07. The topological polar surface area (TPSA) is 64.1 Å². The maximum absolute atomic E-state index is 11.8. The molecular formula is C13H12ClN3O2. The van der Waals surface area contributed by atoms with Crippen LogP contribution in [0.1, 0.15) is 16.1 Å². The summed E-state index contributed by atoms with van der Waals surface area (Å²) in [5.41, 5.74) is 1.16. The van der Waals surface area contributed by atoms with E-state index in [0.717, 1.165) is 5.56 Å². The van der Waals surface area contributed by atoms with Crippen LogP contribution in [0.25, 0.3) is 0 Å². The molecular weight excluding hydrogens is 266 g/mol. The first kappa shape index (κ1) is 13.3. The lowest BCUT2D eigenvalue weighted by molar-refractivity contribution is 0.0946. The fourth-order valence-electron chi connectivity index (χ4n) is 1.44. The lowest BCUT2D eigenvalue weighted by Crippen LogP contribution is -2.23. The van der Waals surface area contributed by atoms with Gasteiger partial charge in [-0.05, 0) is 17.7 Å². The van der Waals surface area contributed by atoms with Crippen LogP contribution in [0.5, 0.6) is 5.88 Å². The summed E-state index contributed by atoms with van der Waals surface area (Å²) in [4.78, 5) is 19.8. The van der Waals surface area contributed by atoms with Gasteiger partial charge in [0.15, 0.2) is 0 Å². The van der Waals surface area contributed by atoms with Crippen LogP contribution in [0.4, 0.5) is 0 Å². The second-order valence-corrected chi connectivity index (χ2v) is 4.12. The molecule has 0 radical (unpaired) electrons. The van der Waals surface area contributed by atoms with Gasteiger partial charge in [0, 0.05) is 18.8 Å². The zero-order valence-electron chi connectivity index (χ0n) is 10.3. The summed E-state index contributed by atoms with van der Waals surface area (Å²) in [6.45, 7) is 0.365. The lowest BCUT2D eigenvalue weighted by atomic mass is 10.2. The van der Waals surface area contributed by atoms with E-state index in [1.807, 2.05) is 6.07 Å². The molecule has 0 fully saturated rings. The van der Waals surface area contributed by atoms with Crippen LogP contribution >= 0.6 is 11.6 Å². The first-order valence-corrected chi connectivity index (χ1v) is 5.96. The Morgan fingerprint density at radius 3 is 2.84 bits per heavy atom. The third-order valence-electron chi connectivity index (χ3n) is 2.41. The number of nitrogens with zero attached hydrogens (tertiary/aromatic N) is 2. The third-order valence-corrected chi connectivity index (χ3v) is 2.62. The number of halogens is 1. The highest BCUT2D eigenvalue weighted by atomic mass is 35.5. The molecule has 0 saturated heterocycles. The van der Waals surface area contributed by atoms with Crippen LogP contribution < -0.4 is 10.1 Å². The summed E-state index contributed by atoms with van der Waals surface area (Å²) in [5.74, 6) is 0.255. The van der Waals surface area contributed by atoms with Gasteiger partial charge in [-0.25, -0.2) is 9.97 Å². The van der Waals surface area contributed by atoms with Gasteiger partial charge in [-0.3, -0.25) is 4.79 Å². The Kier molecular flexibility index (Phi) is 4.30. The molecule has 2 heterocycles. The fourth-order valence-corrected chi connectivity index (χ4v) is 1.61. The molecule has 1 N–H and O–H groups in total. The molecule has 0 unspecified atom stereocenters. The average molecular weight is 278 g/mol. The minimum Gasteiger partial charge on any atom is -0.481 e. The Hall–Kier alpha value is -2.14. The Balaban J connectivity index is 1.96. The van der Waals surface area contributed by atoms with Crippen molar-refractivity contribution in [1.82, 2.24) is 15.3 Å². The summed E-state index contributed by atoms with van der Waals surface area (Å²) in [6, 6.07) is 8.47. The van der Waals surface area contributed by atoms with Gasteiger partial charge in [-0.2, -0.15) is 0 Å². The molecule has 0 aliphatic rings. The molecule has 6 heteroatoms. The number of carbonyl (C=O) groups is 1. The maximum atomic E-state index is 11.8. The number of nitrogens with one attached hydrogen (secondary N) is 1. The van der Waals surface area contributed by atoms with Gasteiger partial charge < -0.3 is 10.1 Å². The summed E-state index contributed by atoms with van der Waals surface area (Å²) in [5, 5.41) is 3.03. The Morgan fingerprint density at radius 1 is 1.37 bits per heavy atom. The lowest BCUT2D eigenvalue weighted by Gasteiger charge is -2.05. The number of methoxy groups -OCH3 is 1. The van der Waals surface area contributed by atoms with Crippen LogP contribution in [0.15, 0.2) is 36.5 Å². The minimum atomic E-state index is -0.279. The molecule has 1 amide bonds. The average Bonchev–Trinajstić information content (AvgIpc) is 2.45. The van der Waals surface area contributed by atoms with Gasteiger partial charge in [-0.1, -0.05) is 23.7 Å². The van der Waals surface area contributed by atoms with E-state index in [1.165, 1.54) is 0 Å². The number of ether oxygens (including phenoxy) is 1. The summed E-state index contributed by atoms with van der Waals surface area (Å²) < 4.78 is 4.95. The van der Waals surface area contributed by atoms with Gasteiger partial charge in [0.1, 0.15) is 10.8 Å². The maximum Gasteiger partial charge on any atom is 0.270 e. The molecule has 0 bridgehead atoms. The number of rotatable bonds is 4. The summed E-state index contributed by atoms with van der Waals surface area (Å²) in [6.07, 6.45) is 1.64. The normalized spacial score (nSPS) is 10.0. The highest BCUT2D eigenvalue weighted by Crippen LogP contribution is 2.07. The molecule has 0 atom stereocenters. The van der Waals surface area contributed by atoms with Crippen LogP contribution in [0.3, 0.4) is 0 Å². The van der Waals surface area contributed by atoms with Crippen molar-refractivity contribution in [3.05, 3.63) is 52.9 Å². The number of hydrogen-bond acceptors (Lipinski definition) is 4. The largest absolute Gasteiger partial charge is 0.481 e. The number of amides is 1. The molecule has 5 nitrogen and oxygen atoms in total. The van der Waals surface area contributed by atoms with E-state index in [9.17, 15) is 4.79 Å². The molecule has 0 aromatic carbocycles. The van der Waals surface area contributed by atoms with Crippen LogP contribution in [0.2, 0.25) is 5.15 Å². The van der Waals surface area contributed by atoms with E-state index in [2.05, 4.69) is 15.3 Å². The minimum absolute atomic E-state index is 0.279. The van der Waals surface area contributed by atoms with Crippen LogP contribution in [-0.4, -0.2) is 23.0 Å². The smallest absolute Gasteiger partial charge is 0.270 e. The van der Waals surface area contributed by atoms with E-state index < -0.39 is 0 Å². The third kappa shape index (κ3) is 3.66. The number of pyridine rings is 2. The van der Waals surface area contributed by atoms with E-state index in [-0.39, 0.29) is 11.6 Å². The number of carbonyl (C=O) groups excluding carboxylic acids is 1. The van der Waals surface area contributed by atoms with Crippen LogP contribution in [0, 0.1) is 0 Å². The Labute approximate surface area is 115 Å². The molecule has 19 heavy (non-hydrogen) atoms. The van der Waals surface area contributed by atoms with Gasteiger partial charge in [-0.15, -0.1) is 0 Å². The number of aromatic nitrogens is 2. The second-order valence-electron chi connectivity index (χ2n) is 3.74. The molecule has 2 aromatic rings. The fraction of sp³-hybridized carbons (Fsp3) is 0.154. The molecule has 0 saturated carbocycles. The van der Waals surface area contributed by atoms with Gasteiger partial charge >= 0.3 is 0 Å². The first-order valence-electron chi connectivity index (χ1n) is 5.58. The Morgan fingerprint density at radius 2 is 2.21 bits per heavy atom. The zero-order chi connectivity index (χ0) is 13.7. The molecule has 98 valence electrons. The van der Waals surface area contributed by atoms with Crippen molar-refractivity contribution in [3.63, 3.8) is 0 Å². The van der Waals surface area contributed by atoms with Crippen molar-refractivity contribution >= 4 is 17.5 Å². The molecule has 0 spiro atoms. The Bertz CT molecular complexity index is 572. The SMILES string of the molecule is COc1ccc(CNC(=O)c2cccc(Cl)n2)cn1. The number of hydrogen-bond donors (Lipinski definition) is 1. The predicted molar refractivity (Wildman–Crippen MR) is 71.2 cm³/mol. The highest BCUT2D eigenvalue weighted by molar-refractivity contribution is 6.29. The van der Waals surface area contributed by atoms with Crippen molar-refractivity contribution in [2.75, 3.05) is 7.11 Å². The van der Waals surface area contributed by atoms with Crippen molar-refractivity contribution in [1.29, 1.82) is 0 Å². The van der Waals surface area contributed by atoms with Crippen molar-refractivity contribution in [3.8, 4) is 5.88 Å². The zero-order valence-corrected chi connectivity index (χ0v) is 11.0. The molecule has 2 rings (SSSR count). The van der Waals surface area contributed by atoms with Crippen molar-refractivity contribution in [2.24, 2.45) is 0 Å². The van der Waals surface area contributed by atoms with Crippen molar-refractivity contribution in [2.45, 2.75) is 6.54 Å². The highest BCUT2D eigenvalue weighted by Gasteiger charge is 2.07. The molecule has 2 aromatic heterocycles. The second kappa shape index (κ2) is 6.15. The monoisotopic (exact) mass is 277 g/mol. The van der Waals surface area contributed by atoms with E-state index >= 15 is 0 Å². The molecule has 0 aliphatic heterocycles. The van der Waals surface area contributed by atoms with E-state index in [0.29, 0.717) is 17.6 Å². The summed E-state index contributed by atoms with van der Waals surface area (Å²) >= 11 is 5.72. The summed E-state index contributed by atoms with van der Waals surface area (Å²) in [7, 11) is 1.55. The van der Waals surface area contributed by atoms with Crippen molar-refractivity contribution < 1.29 is 9.53 Å². The molecule has 0 aliphatic carbocycles. The van der Waals surface area contributed by atoms with E-state index in [1.54, 1.807) is 37.6 Å². The van der Waals surface area contributed by atoms with Gasteiger partial charge in [0.05, 0.1) is 7.11 Å². The first-order chi connectivity index (χ1) is 9.19. The van der Waals surface area contributed by atoms with Gasteiger partial charge in [0.2, 0.25) is 5.88 Å². The quantitative estimate of drug-likeness (QED) is 0.869. The van der Waals surface area contributed by atoms with Gasteiger partial charge in [0.25, 0.3) is 5.91 Å². The standard InChI is InChI=1S/C13H12ClN3O2/c1-19-12-6-5-9(7-15-12)8-16-13(18)10-3-2-4-11(14)17-10/h2-7H,8H2,1H3,(H,16,18). The van der Waals surface area contributed by atoms with Crippen LogP contribution in [-0.2, 0) is 6.54 Å².